The number of aryl methyl sites for hydroxylation is 1. The Bertz CT molecular complexity index is 843. The number of nitrogens with zero attached hydrogens (tertiary/aromatic N) is 2. The van der Waals surface area contributed by atoms with E-state index in [1.807, 2.05) is 0 Å². The Morgan fingerprint density at radius 1 is 1.30 bits per heavy atom. The molecular weight excluding hydrogens is 493 g/mol. The number of halogens is 1. The van der Waals surface area contributed by atoms with Gasteiger partial charge in [-0.1, -0.05) is 18.2 Å². The number of rotatable bonds is 7. The molecule has 1 unspecified atom stereocenters. The van der Waals surface area contributed by atoms with E-state index < -0.39 is 0 Å². The Hall–Kier alpha value is -1.81. The second-order valence-corrected chi connectivity index (χ2v) is 7.81. The Morgan fingerprint density at radius 3 is 2.87 bits per heavy atom. The summed E-state index contributed by atoms with van der Waals surface area (Å²) in [4.78, 5) is 21.3. The van der Waals surface area contributed by atoms with Crippen molar-refractivity contribution in [3.8, 4) is 0 Å². The molecule has 1 aliphatic rings. The Kier molecular flexibility index (Phi) is 9.90. The maximum absolute atomic E-state index is 11.9. The van der Waals surface area contributed by atoms with Crippen molar-refractivity contribution in [3.05, 3.63) is 35.5 Å². The first kappa shape index (κ1) is 24.5. The number of guanidine groups is 1. The number of likely N-dealkylation sites (N-methyl/N-ethyl adjacent to an activating group) is 1. The van der Waals surface area contributed by atoms with E-state index >= 15 is 0 Å². The number of ether oxygens (including phenoxy) is 1. The average Bonchev–Trinajstić information content (AvgIpc) is 3.14. The zero-order valence-electron chi connectivity index (χ0n) is 18.2. The minimum Gasteiger partial charge on any atom is -0.376 e. The first-order valence-electron chi connectivity index (χ1n) is 10.4. The lowest BCUT2D eigenvalue weighted by atomic mass is 10.1. The van der Waals surface area contributed by atoms with E-state index in [0.29, 0.717) is 12.5 Å². The molecule has 1 fully saturated rings. The molecule has 1 atom stereocenters. The number of hydrogen-bond acceptors (Lipinski definition) is 3. The maximum Gasteiger partial charge on any atom is 0.243 e. The number of H-pyrrole nitrogens is 1. The highest BCUT2D eigenvalue weighted by atomic mass is 127. The molecule has 0 bridgehead atoms. The van der Waals surface area contributed by atoms with Crippen LogP contribution in [0.15, 0.2) is 29.4 Å². The molecule has 30 heavy (non-hydrogen) atoms. The average molecular weight is 527 g/mol. The number of nitrogens with one attached hydrogen (secondary N) is 3. The van der Waals surface area contributed by atoms with Gasteiger partial charge >= 0.3 is 0 Å². The summed E-state index contributed by atoms with van der Waals surface area (Å²) in [6, 6.07) is 6.36. The molecule has 0 saturated carbocycles. The Labute approximate surface area is 196 Å². The number of para-hydroxylation sites is 1. The molecule has 1 saturated heterocycles. The third kappa shape index (κ3) is 6.87. The van der Waals surface area contributed by atoms with Crippen molar-refractivity contribution < 1.29 is 9.53 Å². The molecule has 1 aromatic heterocycles. The normalized spacial score (nSPS) is 16.8. The SMILES string of the molecule is Cc1cccc2c(CCNC(=NCC(=O)N(C)C)NCC3CCCCO3)c[nH]c12.I. The highest BCUT2D eigenvalue weighted by molar-refractivity contribution is 14.0. The van der Waals surface area contributed by atoms with Crippen LogP contribution in [0.4, 0.5) is 0 Å². The number of aliphatic imine (C=N–C) groups is 1. The summed E-state index contributed by atoms with van der Waals surface area (Å²) in [5.74, 6) is 0.637. The van der Waals surface area contributed by atoms with Crippen molar-refractivity contribution in [2.45, 2.75) is 38.7 Å². The van der Waals surface area contributed by atoms with Crippen LogP contribution in [0.3, 0.4) is 0 Å². The largest absolute Gasteiger partial charge is 0.376 e. The van der Waals surface area contributed by atoms with Gasteiger partial charge in [-0.05, 0) is 43.7 Å². The van der Waals surface area contributed by atoms with Crippen molar-refractivity contribution in [2.24, 2.45) is 4.99 Å². The topological polar surface area (TPSA) is 81.8 Å². The van der Waals surface area contributed by atoms with Crippen molar-refractivity contribution >= 4 is 46.7 Å². The van der Waals surface area contributed by atoms with Gasteiger partial charge in [0, 0.05) is 50.9 Å². The van der Waals surface area contributed by atoms with Gasteiger partial charge in [-0.25, -0.2) is 4.99 Å². The van der Waals surface area contributed by atoms with Gasteiger partial charge in [-0.2, -0.15) is 0 Å². The van der Waals surface area contributed by atoms with Crippen LogP contribution in [0.5, 0.6) is 0 Å². The molecular formula is C22H34IN5O2. The fourth-order valence-electron chi connectivity index (χ4n) is 3.53. The third-order valence-corrected chi connectivity index (χ3v) is 5.34. The molecule has 2 heterocycles. The van der Waals surface area contributed by atoms with Gasteiger partial charge in [0.1, 0.15) is 6.54 Å². The number of amides is 1. The number of fused-ring (bicyclic) bond motifs is 1. The Morgan fingerprint density at radius 2 is 2.13 bits per heavy atom. The highest BCUT2D eigenvalue weighted by Gasteiger charge is 2.14. The van der Waals surface area contributed by atoms with E-state index in [4.69, 9.17) is 4.74 Å². The van der Waals surface area contributed by atoms with E-state index in [9.17, 15) is 4.79 Å². The number of carbonyl (C=O) groups excluding carboxylic acids is 1. The lowest BCUT2D eigenvalue weighted by Gasteiger charge is -2.24. The highest BCUT2D eigenvalue weighted by Crippen LogP contribution is 2.21. The summed E-state index contributed by atoms with van der Waals surface area (Å²) in [5, 5.41) is 7.98. The van der Waals surface area contributed by atoms with Gasteiger partial charge in [0.25, 0.3) is 0 Å². The quantitative estimate of drug-likeness (QED) is 0.294. The first-order chi connectivity index (χ1) is 14.0. The summed E-state index contributed by atoms with van der Waals surface area (Å²) in [7, 11) is 3.49. The molecule has 0 radical (unpaired) electrons. The lowest BCUT2D eigenvalue weighted by molar-refractivity contribution is -0.127. The second kappa shape index (κ2) is 12.1. The van der Waals surface area contributed by atoms with Crippen LogP contribution in [-0.4, -0.2) is 68.2 Å². The van der Waals surface area contributed by atoms with E-state index in [-0.39, 0.29) is 42.5 Å². The minimum atomic E-state index is -0.0212. The fourth-order valence-corrected chi connectivity index (χ4v) is 3.53. The number of aromatic nitrogens is 1. The molecule has 8 heteroatoms. The van der Waals surface area contributed by atoms with Crippen LogP contribution >= 0.6 is 24.0 Å². The molecule has 166 valence electrons. The molecule has 0 spiro atoms. The zero-order chi connectivity index (χ0) is 20.6. The monoisotopic (exact) mass is 527 g/mol. The molecule has 1 amide bonds. The van der Waals surface area contributed by atoms with E-state index in [2.05, 4.69) is 51.9 Å². The van der Waals surface area contributed by atoms with Crippen LogP contribution in [0.2, 0.25) is 0 Å². The van der Waals surface area contributed by atoms with E-state index in [0.717, 1.165) is 32.4 Å². The third-order valence-electron chi connectivity index (χ3n) is 5.34. The fraction of sp³-hybridized carbons (Fsp3) is 0.545. The molecule has 3 N–H and O–H groups in total. The first-order valence-corrected chi connectivity index (χ1v) is 10.4. The lowest BCUT2D eigenvalue weighted by Crippen LogP contribution is -2.43. The summed E-state index contributed by atoms with van der Waals surface area (Å²) in [6.07, 6.45) is 6.55. The molecule has 1 aromatic carbocycles. The van der Waals surface area contributed by atoms with Crippen LogP contribution in [0.25, 0.3) is 10.9 Å². The smallest absolute Gasteiger partial charge is 0.243 e. The summed E-state index contributed by atoms with van der Waals surface area (Å²) in [6.45, 7) is 4.50. The van der Waals surface area contributed by atoms with Crippen molar-refractivity contribution in [1.29, 1.82) is 0 Å². The van der Waals surface area contributed by atoms with Crippen LogP contribution in [0, 0.1) is 6.92 Å². The Balaban J connectivity index is 0.00000320. The van der Waals surface area contributed by atoms with Gasteiger partial charge in [0.05, 0.1) is 6.10 Å². The van der Waals surface area contributed by atoms with Crippen LogP contribution in [0.1, 0.15) is 30.4 Å². The van der Waals surface area contributed by atoms with Crippen LogP contribution in [-0.2, 0) is 16.0 Å². The van der Waals surface area contributed by atoms with Crippen molar-refractivity contribution in [1.82, 2.24) is 20.5 Å². The molecule has 3 rings (SSSR count). The number of aromatic amines is 1. The summed E-state index contributed by atoms with van der Waals surface area (Å²) < 4.78 is 5.79. The van der Waals surface area contributed by atoms with Crippen molar-refractivity contribution in [3.63, 3.8) is 0 Å². The second-order valence-electron chi connectivity index (χ2n) is 7.81. The minimum absolute atomic E-state index is 0. The van der Waals surface area contributed by atoms with Gasteiger partial charge < -0.3 is 25.3 Å². The standard InChI is InChI=1S/C22H33N5O2.HI/c1-16-7-6-9-19-17(13-24-21(16)19)10-11-23-22(26-15-20(28)27(2)3)25-14-18-8-4-5-12-29-18;/h6-7,9,13,18,24H,4-5,8,10-12,14-15H2,1-3H3,(H2,23,25,26);1H. The number of benzene rings is 1. The van der Waals surface area contributed by atoms with Crippen LogP contribution < -0.4 is 10.6 Å². The van der Waals surface area contributed by atoms with Crippen molar-refractivity contribution in [2.75, 3.05) is 40.3 Å². The van der Waals surface area contributed by atoms with E-state index in [1.165, 1.54) is 28.5 Å². The summed E-state index contributed by atoms with van der Waals surface area (Å²) >= 11 is 0. The predicted molar refractivity (Wildman–Crippen MR) is 133 cm³/mol. The van der Waals surface area contributed by atoms with E-state index in [1.54, 1.807) is 19.0 Å². The van der Waals surface area contributed by atoms with Gasteiger partial charge in [-0.3, -0.25) is 4.79 Å². The molecule has 1 aliphatic heterocycles. The van der Waals surface area contributed by atoms with Gasteiger partial charge in [0.15, 0.2) is 5.96 Å². The number of carbonyl (C=O) groups is 1. The maximum atomic E-state index is 11.9. The summed E-state index contributed by atoms with van der Waals surface area (Å²) in [5.41, 5.74) is 3.72. The van der Waals surface area contributed by atoms with Gasteiger partial charge in [-0.15, -0.1) is 24.0 Å². The van der Waals surface area contributed by atoms with Gasteiger partial charge in [0.2, 0.25) is 5.91 Å². The predicted octanol–water partition coefficient (Wildman–Crippen LogP) is 2.83. The molecule has 7 nitrogen and oxygen atoms in total. The molecule has 2 aromatic rings. The number of hydrogen-bond donors (Lipinski definition) is 3. The molecule has 0 aliphatic carbocycles. The zero-order valence-corrected chi connectivity index (χ0v) is 20.5.